The Balaban J connectivity index is 1.63. The third-order valence-electron chi connectivity index (χ3n) is 6.04. The smallest absolute Gasteiger partial charge is 0.254 e. The minimum Gasteiger partial charge on any atom is -0.330 e. The number of carbonyl (C=O) groups is 2. The molecule has 6 heteroatoms. The number of halogens is 1. The van der Waals surface area contributed by atoms with Crippen LogP contribution in [0, 0.1) is 6.92 Å². The summed E-state index contributed by atoms with van der Waals surface area (Å²) in [6.45, 7) is 6.51. The molecule has 1 aromatic heterocycles. The first-order valence-corrected chi connectivity index (χ1v) is 12.1. The highest BCUT2D eigenvalue weighted by atomic mass is 35.5. The second-order valence-electron chi connectivity index (χ2n) is 8.43. The van der Waals surface area contributed by atoms with E-state index in [9.17, 15) is 9.59 Å². The van der Waals surface area contributed by atoms with Crippen molar-refractivity contribution in [3.8, 4) is 0 Å². The Bertz CT molecular complexity index is 1120. The van der Waals surface area contributed by atoms with Gasteiger partial charge in [-0.1, -0.05) is 41.9 Å². The Morgan fingerprint density at radius 1 is 1.12 bits per heavy atom. The predicted molar refractivity (Wildman–Crippen MR) is 130 cm³/mol. The molecule has 2 heterocycles. The first kappa shape index (κ1) is 22.6. The third kappa shape index (κ3) is 4.45. The first-order valence-electron chi connectivity index (χ1n) is 10.8. The van der Waals surface area contributed by atoms with Crippen LogP contribution >= 0.6 is 22.9 Å². The standard InChI is InChI=1S/C26H27ClN2O2S/c1-17(2)29(26(31)21-7-5-4-6-18(21)3)16-24(30)28-14-12-23-22(13-15-32-23)25(28)19-8-10-20(27)11-9-19/h4-11,13,15,17,25H,12,14,16H2,1-3H3. The lowest BCUT2D eigenvalue weighted by Crippen LogP contribution is -2.48. The molecule has 4 rings (SSSR count). The van der Waals surface area contributed by atoms with Crippen LogP contribution in [0.2, 0.25) is 5.02 Å². The van der Waals surface area contributed by atoms with Crippen LogP contribution in [0.3, 0.4) is 0 Å². The van der Waals surface area contributed by atoms with Crippen molar-refractivity contribution in [2.24, 2.45) is 0 Å². The molecule has 4 nitrogen and oxygen atoms in total. The van der Waals surface area contributed by atoms with E-state index in [0.29, 0.717) is 17.1 Å². The fourth-order valence-electron chi connectivity index (χ4n) is 4.28. The van der Waals surface area contributed by atoms with Crippen LogP contribution in [0.1, 0.15) is 51.8 Å². The fraction of sp³-hybridized carbons (Fsp3) is 0.308. The van der Waals surface area contributed by atoms with Gasteiger partial charge >= 0.3 is 0 Å². The summed E-state index contributed by atoms with van der Waals surface area (Å²) in [7, 11) is 0. The molecule has 2 amide bonds. The number of rotatable bonds is 5. The van der Waals surface area contributed by atoms with Gasteiger partial charge in [0, 0.05) is 28.0 Å². The molecule has 1 unspecified atom stereocenters. The molecule has 0 saturated carbocycles. The summed E-state index contributed by atoms with van der Waals surface area (Å²) in [5, 5.41) is 2.76. The highest BCUT2D eigenvalue weighted by Gasteiger charge is 2.34. The van der Waals surface area contributed by atoms with Gasteiger partial charge < -0.3 is 9.80 Å². The van der Waals surface area contributed by atoms with Crippen molar-refractivity contribution in [2.45, 2.75) is 39.3 Å². The highest BCUT2D eigenvalue weighted by molar-refractivity contribution is 7.10. The zero-order valence-corrected chi connectivity index (χ0v) is 20.1. The molecule has 1 aliphatic heterocycles. The molecular formula is C26H27ClN2O2S. The van der Waals surface area contributed by atoms with Crippen molar-refractivity contribution in [3.05, 3.63) is 92.1 Å². The lowest BCUT2D eigenvalue weighted by atomic mass is 9.93. The van der Waals surface area contributed by atoms with E-state index >= 15 is 0 Å². The Morgan fingerprint density at radius 2 is 1.84 bits per heavy atom. The number of carbonyl (C=O) groups excluding carboxylic acids is 2. The van der Waals surface area contributed by atoms with Gasteiger partial charge in [-0.15, -0.1) is 11.3 Å². The van der Waals surface area contributed by atoms with Gasteiger partial charge in [0.1, 0.15) is 6.54 Å². The molecule has 0 aliphatic carbocycles. The topological polar surface area (TPSA) is 40.6 Å². The van der Waals surface area contributed by atoms with Crippen molar-refractivity contribution >= 4 is 34.8 Å². The molecule has 0 radical (unpaired) electrons. The first-order chi connectivity index (χ1) is 15.4. The highest BCUT2D eigenvalue weighted by Crippen LogP contribution is 2.38. The van der Waals surface area contributed by atoms with Gasteiger partial charge in [-0.25, -0.2) is 0 Å². The van der Waals surface area contributed by atoms with E-state index in [2.05, 4.69) is 11.4 Å². The normalized spacial score (nSPS) is 15.5. The number of nitrogens with zero attached hydrogens (tertiary/aromatic N) is 2. The summed E-state index contributed by atoms with van der Waals surface area (Å²) in [4.78, 5) is 31.8. The molecule has 3 aromatic rings. The summed E-state index contributed by atoms with van der Waals surface area (Å²) in [5.41, 5.74) is 3.75. The van der Waals surface area contributed by atoms with Gasteiger partial charge in [0.05, 0.1) is 6.04 Å². The van der Waals surface area contributed by atoms with Crippen molar-refractivity contribution < 1.29 is 9.59 Å². The van der Waals surface area contributed by atoms with Gasteiger partial charge in [-0.05, 0) is 73.5 Å². The molecule has 1 atom stereocenters. The summed E-state index contributed by atoms with van der Waals surface area (Å²) in [6.07, 6.45) is 0.830. The zero-order valence-electron chi connectivity index (χ0n) is 18.5. The molecule has 0 fully saturated rings. The maximum Gasteiger partial charge on any atom is 0.254 e. The average Bonchev–Trinajstić information content (AvgIpc) is 3.26. The average molecular weight is 467 g/mol. The Hall–Kier alpha value is -2.63. The van der Waals surface area contributed by atoms with Gasteiger partial charge in [0.15, 0.2) is 0 Å². The van der Waals surface area contributed by atoms with E-state index in [4.69, 9.17) is 11.6 Å². The molecule has 32 heavy (non-hydrogen) atoms. The molecule has 166 valence electrons. The minimum absolute atomic E-state index is 0.0440. The SMILES string of the molecule is Cc1ccccc1C(=O)N(CC(=O)N1CCc2sccc2C1c1ccc(Cl)cc1)C(C)C. The predicted octanol–water partition coefficient (Wildman–Crippen LogP) is 5.73. The molecule has 0 spiro atoms. The Morgan fingerprint density at radius 3 is 2.53 bits per heavy atom. The third-order valence-corrected chi connectivity index (χ3v) is 7.29. The summed E-state index contributed by atoms with van der Waals surface area (Å²) in [5.74, 6) is -0.153. The number of hydrogen-bond donors (Lipinski definition) is 0. The van der Waals surface area contributed by atoms with Crippen LogP contribution < -0.4 is 0 Å². The lowest BCUT2D eigenvalue weighted by Gasteiger charge is -2.38. The van der Waals surface area contributed by atoms with E-state index in [1.807, 2.05) is 74.2 Å². The van der Waals surface area contributed by atoms with E-state index < -0.39 is 0 Å². The van der Waals surface area contributed by atoms with Gasteiger partial charge in [-0.3, -0.25) is 9.59 Å². The summed E-state index contributed by atoms with van der Waals surface area (Å²) >= 11 is 7.85. The maximum atomic E-state index is 13.6. The zero-order chi connectivity index (χ0) is 22.8. The van der Waals surface area contributed by atoms with Crippen LogP contribution in [0.5, 0.6) is 0 Å². The van der Waals surface area contributed by atoms with Crippen LogP contribution in [0.15, 0.2) is 60.0 Å². The van der Waals surface area contributed by atoms with Crippen LogP contribution in [0.4, 0.5) is 0 Å². The second-order valence-corrected chi connectivity index (χ2v) is 9.87. The van der Waals surface area contributed by atoms with Crippen molar-refractivity contribution in [1.29, 1.82) is 0 Å². The van der Waals surface area contributed by atoms with Crippen molar-refractivity contribution in [1.82, 2.24) is 9.80 Å². The van der Waals surface area contributed by atoms with Gasteiger partial charge in [0.2, 0.25) is 5.91 Å². The molecule has 0 bridgehead atoms. The van der Waals surface area contributed by atoms with E-state index in [1.165, 1.54) is 10.4 Å². The van der Waals surface area contributed by atoms with Crippen LogP contribution in [-0.2, 0) is 11.2 Å². The monoisotopic (exact) mass is 466 g/mol. The number of hydrogen-bond acceptors (Lipinski definition) is 3. The van der Waals surface area contributed by atoms with Crippen LogP contribution in [-0.4, -0.2) is 40.7 Å². The van der Waals surface area contributed by atoms with Crippen molar-refractivity contribution in [2.75, 3.05) is 13.1 Å². The lowest BCUT2D eigenvalue weighted by molar-refractivity contribution is -0.134. The molecular weight excluding hydrogens is 440 g/mol. The van der Waals surface area contributed by atoms with Gasteiger partial charge in [-0.2, -0.15) is 0 Å². The van der Waals surface area contributed by atoms with E-state index in [0.717, 1.165) is 17.5 Å². The quantitative estimate of drug-likeness (QED) is 0.481. The van der Waals surface area contributed by atoms with Crippen molar-refractivity contribution in [3.63, 3.8) is 0 Å². The van der Waals surface area contributed by atoms with Crippen LogP contribution in [0.25, 0.3) is 0 Å². The molecule has 0 saturated heterocycles. The Kier molecular flexibility index (Phi) is 6.68. The molecule has 0 N–H and O–H groups in total. The molecule has 1 aliphatic rings. The maximum absolute atomic E-state index is 13.6. The number of thiophene rings is 1. The Labute approximate surface area is 198 Å². The number of aryl methyl sites for hydroxylation is 1. The number of benzene rings is 2. The fourth-order valence-corrected chi connectivity index (χ4v) is 5.31. The van der Waals surface area contributed by atoms with E-state index in [-0.39, 0.29) is 30.4 Å². The largest absolute Gasteiger partial charge is 0.330 e. The summed E-state index contributed by atoms with van der Waals surface area (Å²) in [6, 6.07) is 17.1. The van der Waals surface area contributed by atoms with Gasteiger partial charge in [0.25, 0.3) is 5.91 Å². The molecule has 2 aromatic carbocycles. The van der Waals surface area contributed by atoms with E-state index in [1.54, 1.807) is 16.2 Å². The minimum atomic E-state index is -0.169. The second kappa shape index (κ2) is 9.47. The number of amides is 2. The number of fused-ring (bicyclic) bond motifs is 1. The summed E-state index contributed by atoms with van der Waals surface area (Å²) < 4.78 is 0.